The van der Waals surface area contributed by atoms with Gasteiger partial charge in [0.05, 0.1) is 0 Å². The monoisotopic (exact) mass is 327 g/mol. The van der Waals surface area contributed by atoms with Crippen molar-refractivity contribution in [2.75, 3.05) is 19.6 Å². The maximum Gasteiger partial charge on any atom is 0.267 e. The molecule has 1 aromatic rings. The second-order valence-corrected chi connectivity index (χ2v) is 6.52. The van der Waals surface area contributed by atoms with Crippen LogP contribution in [-0.4, -0.2) is 41.1 Å². The number of aryl methyl sites for hydroxylation is 1. The molecule has 0 saturated carbocycles. The van der Waals surface area contributed by atoms with E-state index in [4.69, 9.17) is 0 Å². The van der Waals surface area contributed by atoms with Gasteiger partial charge in [0.2, 0.25) is 0 Å². The van der Waals surface area contributed by atoms with Crippen LogP contribution in [0.3, 0.4) is 0 Å². The highest BCUT2D eigenvalue weighted by Crippen LogP contribution is 2.18. The first kappa shape index (κ1) is 14.6. The van der Waals surface area contributed by atoms with E-state index in [1.165, 1.54) is 6.42 Å². The average Bonchev–Trinajstić information content (AvgIpc) is 2.93. The Morgan fingerprint density at radius 2 is 2.32 bits per heavy atom. The van der Waals surface area contributed by atoms with Crippen molar-refractivity contribution in [3.63, 3.8) is 0 Å². The first-order chi connectivity index (χ1) is 8.97. The molecule has 0 aliphatic carbocycles. The van der Waals surface area contributed by atoms with Gasteiger partial charge in [-0.15, -0.1) is 0 Å². The molecule has 0 bridgehead atoms. The molecule has 1 unspecified atom stereocenters. The van der Waals surface area contributed by atoms with E-state index in [-0.39, 0.29) is 5.91 Å². The lowest BCUT2D eigenvalue weighted by atomic mass is 10.1. The van der Waals surface area contributed by atoms with Gasteiger partial charge in [-0.2, -0.15) is 0 Å². The van der Waals surface area contributed by atoms with Gasteiger partial charge in [-0.1, -0.05) is 0 Å². The molecule has 1 saturated heterocycles. The Hall–Kier alpha value is -0.810. The van der Waals surface area contributed by atoms with E-state index in [9.17, 15) is 4.79 Å². The zero-order valence-electron chi connectivity index (χ0n) is 11.8. The molecule has 1 N–H and O–H groups in total. The molecule has 0 aromatic carbocycles. The number of carbonyl (C=O) groups excluding carboxylic acids is 1. The molecule has 1 aliphatic heterocycles. The van der Waals surface area contributed by atoms with Gasteiger partial charge < -0.3 is 14.8 Å². The van der Waals surface area contributed by atoms with E-state index in [0.717, 1.165) is 24.1 Å². The van der Waals surface area contributed by atoms with E-state index >= 15 is 0 Å². The van der Waals surface area contributed by atoms with Gasteiger partial charge in [-0.3, -0.25) is 4.79 Å². The topological polar surface area (TPSA) is 37.3 Å². The van der Waals surface area contributed by atoms with Crippen LogP contribution in [0.5, 0.6) is 0 Å². The Labute approximate surface area is 123 Å². The quantitative estimate of drug-likeness (QED) is 0.920. The molecule has 106 valence electrons. The molecule has 2 rings (SSSR count). The fourth-order valence-corrected chi connectivity index (χ4v) is 3.10. The smallest absolute Gasteiger partial charge is 0.267 e. The predicted octanol–water partition coefficient (Wildman–Crippen LogP) is 2.25. The minimum absolute atomic E-state index is 0.0104. The fourth-order valence-electron chi connectivity index (χ4n) is 2.58. The molecule has 1 fully saturated rings. The van der Waals surface area contributed by atoms with Crippen LogP contribution in [0.2, 0.25) is 0 Å². The summed E-state index contributed by atoms with van der Waals surface area (Å²) in [5.41, 5.74) is 0.700. The number of carbonyl (C=O) groups is 1. The summed E-state index contributed by atoms with van der Waals surface area (Å²) >= 11 is 3.38. The normalized spacial score (nSPS) is 20.2. The van der Waals surface area contributed by atoms with Gasteiger partial charge in [-0.25, -0.2) is 0 Å². The Bertz CT molecular complexity index is 456. The van der Waals surface area contributed by atoms with Gasteiger partial charge in [-0.05, 0) is 54.7 Å². The third-order valence-electron chi connectivity index (χ3n) is 3.80. The van der Waals surface area contributed by atoms with Gasteiger partial charge in [0.25, 0.3) is 5.91 Å². The van der Waals surface area contributed by atoms with Gasteiger partial charge in [0.1, 0.15) is 5.69 Å². The SMILES string of the molecule is CC(C)N1CCC(CNC(=O)c2cc(Br)cn2C)C1. The Morgan fingerprint density at radius 1 is 1.58 bits per heavy atom. The van der Waals surface area contributed by atoms with Crippen molar-refractivity contribution in [2.45, 2.75) is 26.3 Å². The summed E-state index contributed by atoms with van der Waals surface area (Å²) in [5.74, 6) is 0.589. The number of nitrogens with one attached hydrogen (secondary N) is 1. The number of halogens is 1. The minimum atomic E-state index is 0.0104. The predicted molar refractivity (Wildman–Crippen MR) is 80.3 cm³/mol. The molecular weight excluding hydrogens is 306 g/mol. The number of hydrogen-bond donors (Lipinski definition) is 1. The first-order valence-electron chi connectivity index (χ1n) is 6.81. The number of aromatic nitrogens is 1. The molecular formula is C14H22BrN3O. The molecule has 5 heteroatoms. The lowest BCUT2D eigenvalue weighted by Crippen LogP contribution is -2.33. The molecule has 0 spiro atoms. The summed E-state index contributed by atoms with van der Waals surface area (Å²) in [6.07, 6.45) is 3.07. The molecule has 1 aromatic heterocycles. The van der Waals surface area contributed by atoms with Crippen LogP contribution in [0.15, 0.2) is 16.7 Å². The third-order valence-corrected chi connectivity index (χ3v) is 4.24. The van der Waals surface area contributed by atoms with Crippen molar-refractivity contribution in [3.05, 3.63) is 22.4 Å². The van der Waals surface area contributed by atoms with Crippen LogP contribution in [0.4, 0.5) is 0 Å². The second-order valence-electron chi connectivity index (χ2n) is 5.61. The molecule has 4 nitrogen and oxygen atoms in total. The Morgan fingerprint density at radius 3 is 2.84 bits per heavy atom. The highest BCUT2D eigenvalue weighted by Gasteiger charge is 2.24. The zero-order chi connectivity index (χ0) is 14.0. The highest BCUT2D eigenvalue weighted by atomic mass is 79.9. The number of hydrogen-bond acceptors (Lipinski definition) is 2. The molecule has 2 heterocycles. The zero-order valence-corrected chi connectivity index (χ0v) is 13.4. The third kappa shape index (κ3) is 3.60. The Balaban J connectivity index is 1.83. The maximum absolute atomic E-state index is 12.1. The first-order valence-corrected chi connectivity index (χ1v) is 7.60. The van der Waals surface area contributed by atoms with Crippen LogP contribution in [0.25, 0.3) is 0 Å². The summed E-state index contributed by atoms with van der Waals surface area (Å²) in [4.78, 5) is 14.6. The number of rotatable bonds is 4. The molecule has 1 amide bonds. The molecule has 0 radical (unpaired) electrons. The summed E-state index contributed by atoms with van der Waals surface area (Å²) in [5, 5.41) is 3.05. The van der Waals surface area contributed by atoms with E-state index in [1.807, 2.05) is 23.9 Å². The van der Waals surface area contributed by atoms with Crippen LogP contribution < -0.4 is 5.32 Å². The van der Waals surface area contributed by atoms with E-state index in [1.54, 1.807) is 0 Å². The van der Waals surface area contributed by atoms with Crippen LogP contribution >= 0.6 is 15.9 Å². The standard InChI is InChI=1S/C14H22BrN3O/c1-10(2)18-5-4-11(8-18)7-16-14(19)13-6-12(15)9-17(13)3/h6,9-11H,4-5,7-8H2,1-3H3,(H,16,19). The van der Waals surface area contributed by atoms with Gasteiger partial charge in [0.15, 0.2) is 0 Å². The molecule has 19 heavy (non-hydrogen) atoms. The number of nitrogens with zero attached hydrogens (tertiary/aromatic N) is 2. The summed E-state index contributed by atoms with van der Waals surface area (Å²) in [6.45, 7) is 7.46. The van der Waals surface area contributed by atoms with Crippen molar-refractivity contribution in [2.24, 2.45) is 13.0 Å². The van der Waals surface area contributed by atoms with Gasteiger partial charge >= 0.3 is 0 Å². The summed E-state index contributed by atoms with van der Waals surface area (Å²) in [6, 6.07) is 2.45. The van der Waals surface area contributed by atoms with Crippen molar-refractivity contribution in [1.29, 1.82) is 0 Å². The van der Waals surface area contributed by atoms with Crippen LogP contribution in [0, 0.1) is 5.92 Å². The summed E-state index contributed by atoms with van der Waals surface area (Å²) in [7, 11) is 1.88. The van der Waals surface area contributed by atoms with Crippen molar-refractivity contribution < 1.29 is 4.79 Å². The average molecular weight is 328 g/mol. The Kier molecular flexibility index (Phi) is 4.68. The highest BCUT2D eigenvalue weighted by molar-refractivity contribution is 9.10. The van der Waals surface area contributed by atoms with E-state index in [2.05, 4.69) is 40.0 Å². The summed E-state index contributed by atoms with van der Waals surface area (Å²) < 4.78 is 2.78. The lowest BCUT2D eigenvalue weighted by Gasteiger charge is -2.20. The van der Waals surface area contributed by atoms with Crippen molar-refractivity contribution in [3.8, 4) is 0 Å². The maximum atomic E-state index is 12.1. The van der Waals surface area contributed by atoms with E-state index in [0.29, 0.717) is 17.7 Å². The number of likely N-dealkylation sites (tertiary alicyclic amines) is 1. The number of amides is 1. The van der Waals surface area contributed by atoms with Crippen molar-refractivity contribution >= 4 is 21.8 Å². The molecule has 1 atom stereocenters. The second kappa shape index (κ2) is 6.09. The molecule has 1 aliphatic rings. The van der Waals surface area contributed by atoms with Crippen LogP contribution in [0.1, 0.15) is 30.8 Å². The van der Waals surface area contributed by atoms with E-state index < -0.39 is 0 Å². The largest absolute Gasteiger partial charge is 0.350 e. The lowest BCUT2D eigenvalue weighted by molar-refractivity contribution is 0.0939. The minimum Gasteiger partial charge on any atom is -0.350 e. The van der Waals surface area contributed by atoms with Crippen LogP contribution in [-0.2, 0) is 7.05 Å². The van der Waals surface area contributed by atoms with Crippen molar-refractivity contribution in [1.82, 2.24) is 14.8 Å². The van der Waals surface area contributed by atoms with Gasteiger partial charge in [0, 0.05) is 36.8 Å². The fraction of sp³-hybridized carbons (Fsp3) is 0.643.